The zero-order valence-electron chi connectivity index (χ0n) is 17.6. The fraction of sp³-hybridized carbons (Fsp3) is 0.810. The number of hydrogen-bond acceptors (Lipinski definition) is 5. The van der Waals surface area contributed by atoms with Crippen LogP contribution in [0.1, 0.15) is 84.0 Å². The predicted octanol–water partition coefficient (Wildman–Crippen LogP) is 4.50. The number of fused-ring (bicyclic) bond motifs is 2. The standard InChI is InChI=1S/C21H33N5OS/c1-14-22-25-19(26(14)16-8-6-5-7-9-16)28-13-18(27)24-23-17-12-15-10-11-21(17,4)20(15,2)3/h15-16H,5-13H2,1-4H3,(H,24,27)/b23-17+. The maximum absolute atomic E-state index is 12.4. The molecule has 0 radical (unpaired) electrons. The van der Waals surface area contributed by atoms with Crippen molar-refractivity contribution in [2.75, 3.05) is 5.75 Å². The van der Waals surface area contributed by atoms with Crippen LogP contribution in [0.25, 0.3) is 0 Å². The maximum atomic E-state index is 12.4. The van der Waals surface area contributed by atoms with Crippen molar-refractivity contribution in [1.82, 2.24) is 20.2 Å². The molecule has 0 aromatic carbocycles. The van der Waals surface area contributed by atoms with E-state index in [1.54, 1.807) is 0 Å². The van der Waals surface area contributed by atoms with Crippen molar-refractivity contribution >= 4 is 23.4 Å². The Morgan fingerprint density at radius 2 is 1.96 bits per heavy atom. The second-order valence-corrected chi connectivity index (χ2v) is 10.5. The van der Waals surface area contributed by atoms with E-state index in [0.717, 1.165) is 17.4 Å². The first kappa shape index (κ1) is 19.9. The zero-order valence-corrected chi connectivity index (χ0v) is 18.4. The predicted molar refractivity (Wildman–Crippen MR) is 112 cm³/mol. The van der Waals surface area contributed by atoms with Gasteiger partial charge in [-0.05, 0) is 50.4 Å². The Bertz CT molecular complexity index is 780. The minimum Gasteiger partial charge on any atom is -0.303 e. The Morgan fingerprint density at radius 3 is 2.61 bits per heavy atom. The summed E-state index contributed by atoms with van der Waals surface area (Å²) in [6, 6.07) is 0.478. The van der Waals surface area contributed by atoms with Crippen LogP contribution in [-0.4, -0.2) is 32.1 Å². The van der Waals surface area contributed by atoms with Gasteiger partial charge in [0.2, 0.25) is 0 Å². The van der Waals surface area contributed by atoms with Gasteiger partial charge >= 0.3 is 0 Å². The summed E-state index contributed by atoms with van der Waals surface area (Å²) in [4.78, 5) is 12.4. The molecule has 28 heavy (non-hydrogen) atoms. The number of amides is 1. The third-order valence-electron chi connectivity index (χ3n) is 7.93. The van der Waals surface area contributed by atoms with E-state index in [1.165, 1.54) is 62.4 Å². The van der Waals surface area contributed by atoms with E-state index in [2.05, 4.69) is 46.1 Å². The molecule has 3 aliphatic carbocycles. The smallest absolute Gasteiger partial charge is 0.250 e. The van der Waals surface area contributed by atoms with E-state index in [1.807, 2.05) is 6.92 Å². The Morgan fingerprint density at radius 1 is 1.21 bits per heavy atom. The molecule has 4 rings (SSSR count). The largest absolute Gasteiger partial charge is 0.303 e. The highest BCUT2D eigenvalue weighted by molar-refractivity contribution is 7.99. The molecule has 1 heterocycles. The molecule has 1 aromatic heterocycles. The lowest BCUT2D eigenvalue weighted by molar-refractivity contribution is -0.118. The molecule has 2 bridgehead atoms. The summed E-state index contributed by atoms with van der Waals surface area (Å²) in [6.45, 7) is 9.03. The summed E-state index contributed by atoms with van der Waals surface area (Å²) in [7, 11) is 0. The number of hydrogen-bond donors (Lipinski definition) is 1. The first-order chi connectivity index (χ1) is 13.3. The Hall–Kier alpha value is -1.37. The quantitative estimate of drug-likeness (QED) is 0.580. The number of aromatic nitrogens is 3. The average Bonchev–Trinajstić information content (AvgIpc) is 3.22. The molecule has 6 nitrogen and oxygen atoms in total. The lowest BCUT2D eigenvalue weighted by atomic mass is 9.70. The third-order valence-corrected chi connectivity index (χ3v) is 8.88. The molecule has 2 atom stereocenters. The van der Waals surface area contributed by atoms with Crippen LogP contribution in [0.5, 0.6) is 0 Å². The molecule has 154 valence electrons. The molecule has 1 amide bonds. The topological polar surface area (TPSA) is 72.2 Å². The van der Waals surface area contributed by atoms with Crippen LogP contribution in [0.3, 0.4) is 0 Å². The van der Waals surface area contributed by atoms with E-state index < -0.39 is 0 Å². The van der Waals surface area contributed by atoms with Crippen molar-refractivity contribution in [2.45, 2.75) is 90.3 Å². The molecule has 1 aromatic rings. The van der Waals surface area contributed by atoms with E-state index in [-0.39, 0.29) is 16.7 Å². The molecule has 3 aliphatic rings. The SMILES string of the molecule is Cc1nnc(SCC(=O)N/N=C2\CC3CCC2(C)C3(C)C)n1C1CCCCC1. The summed E-state index contributed by atoms with van der Waals surface area (Å²) in [5.74, 6) is 1.91. The summed E-state index contributed by atoms with van der Waals surface area (Å²) < 4.78 is 2.24. The fourth-order valence-electron chi connectivity index (χ4n) is 5.60. The second kappa shape index (κ2) is 7.47. The van der Waals surface area contributed by atoms with Crippen molar-refractivity contribution in [1.29, 1.82) is 0 Å². The molecule has 0 spiro atoms. The van der Waals surface area contributed by atoms with Gasteiger partial charge in [-0.25, -0.2) is 5.43 Å². The van der Waals surface area contributed by atoms with Crippen molar-refractivity contribution in [2.24, 2.45) is 21.8 Å². The number of rotatable bonds is 5. The van der Waals surface area contributed by atoms with Gasteiger partial charge in [0, 0.05) is 17.2 Å². The maximum Gasteiger partial charge on any atom is 0.250 e. The van der Waals surface area contributed by atoms with Crippen molar-refractivity contribution in [3.8, 4) is 0 Å². The lowest BCUT2D eigenvalue weighted by Crippen LogP contribution is -2.34. The van der Waals surface area contributed by atoms with Crippen molar-refractivity contribution < 1.29 is 4.79 Å². The number of carbonyl (C=O) groups is 1. The summed E-state index contributed by atoms with van der Waals surface area (Å²) in [5, 5.41) is 14.0. The van der Waals surface area contributed by atoms with Gasteiger partial charge in [-0.1, -0.05) is 51.8 Å². The third kappa shape index (κ3) is 3.29. The van der Waals surface area contributed by atoms with Crippen LogP contribution in [-0.2, 0) is 4.79 Å². The van der Waals surface area contributed by atoms with Gasteiger partial charge in [-0.3, -0.25) is 4.79 Å². The van der Waals surface area contributed by atoms with E-state index in [4.69, 9.17) is 0 Å². The molecule has 2 unspecified atom stereocenters. The van der Waals surface area contributed by atoms with Crippen molar-refractivity contribution in [3.63, 3.8) is 0 Å². The molecule has 1 N–H and O–H groups in total. The molecular weight excluding hydrogens is 370 g/mol. The van der Waals surface area contributed by atoms with Gasteiger partial charge in [0.05, 0.1) is 5.75 Å². The van der Waals surface area contributed by atoms with Crippen LogP contribution in [0, 0.1) is 23.7 Å². The van der Waals surface area contributed by atoms with E-state index in [0.29, 0.717) is 17.7 Å². The highest BCUT2D eigenvalue weighted by Crippen LogP contribution is 2.63. The van der Waals surface area contributed by atoms with Crippen LogP contribution in [0.4, 0.5) is 0 Å². The van der Waals surface area contributed by atoms with Crippen LogP contribution >= 0.6 is 11.8 Å². The average molecular weight is 404 g/mol. The first-order valence-corrected chi connectivity index (χ1v) is 11.7. The fourth-order valence-corrected chi connectivity index (χ4v) is 6.44. The summed E-state index contributed by atoms with van der Waals surface area (Å²) in [5.41, 5.74) is 4.39. The Labute approximate surface area is 172 Å². The number of nitrogens with zero attached hydrogens (tertiary/aromatic N) is 4. The number of nitrogens with one attached hydrogen (secondary N) is 1. The van der Waals surface area contributed by atoms with Gasteiger partial charge in [0.1, 0.15) is 5.82 Å². The van der Waals surface area contributed by atoms with Gasteiger partial charge in [0.25, 0.3) is 5.91 Å². The van der Waals surface area contributed by atoms with Gasteiger partial charge in [0.15, 0.2) is 5.16 Å². The van der Waals surface area contributed by atoms with E-state index in [9.17, 15) is 4.79 Å². The van der Waals surface area contributed by atoms with Gasteiger partial charge in [-0.15, -0.1) is 10.2 Å². The monoisotopic (exact) mass is 403 g/mol. The van der Waals surface area contributed by atoms with Crippen LogP contribution < -0.4 is 5.43 Å². The lowest BCUT2D eigenvalue weighted by Gasteiger charge is -2.34. The molecule has 0 aliphatic heterocycles. The number of hydrazone groups is 1. The number of carbonyl (C=O) groups excluding carboxylic acids is 1. The van der Waals surface area contributed by atoms with Crippen LogP contribution in [0.15, 0.2) is 10.3 Å². The second-order valence-electron chi connectivity index (χ2n) is 9.57. The molecular formula is C21H33N5OS. The summed E-state index contributed by atoms with van der Waals surface area (Å²) >= 11 is 1.47. The molecule has 7 heteroatoms. The first-order valence-electron chi connectivity index (χ1n) is 10.7. The number of thioether (sulfide) groups is 1. The van der Waals surface area contributed by atoms with Crippen molar-refractivity contribution in [3.05, 3.63) is 5.82 Å². The van der Waals surface area contributed by atoms with Gasteiger partial charge in [-0.2, -0.15) is 5.10 Å². The normalized spacial score (nSPS) is 30.9. The summed E-state index contributed by atoms with van der Waals surface area (Å²) in [6.07, 6.45) is 9.69. The molecule has 0 saturated heterocycles. The van der Waals surface area contributed by atoms with E-state index >= 15 is 0 Å². The highest BCUT2D eigenvalue weighted by Gasteiger charge is 2.60. The minimum atomic E-state index is -0.0578. The Kier molecular flexibility index (Phi) is 5.31. The van der Waals surface area contributed by atoms with Crippen LogP contribution in [0.2, 0.25) is 0 Å². The Balaban J connectivity index is 1.36. The molecule has 3 saturated carbocycles. The zero-order chi connectivity index (χ0) is 19.9. The minimum absolute atomic E-state index is 0.0578. The van der Waals surface area contributed by atoms with Gasteiger partial charge < -0.3 is 4.57 Å². The number of aryl methyl sites for hydroxylation is 1. The molecule has 3 fully saturated rings. The highest BCUT2D eigenvalue weighted by atomic mass is 32.2.